The van der Waals surface area contributed by atoms with Gasteiger partial charge < -0.3 is 19.7 Å². The number of hydrogen-bond acceptors (Lipinski definition) is 7. The summed E-state index contributed by atoms with van der Waals surface area (Å²) in [5, 5.41) is 20.4. The Morgan fingerprint density at radius 3 is 2.62 bits per heavy atom. The zero-order chi connectivity index (χ0) is 25.0. The summed E-state index contributed by atoms with van der Waals surface area (Å²) in [6, 6.07) is 4.62. The summed E-state index contributed by atoms with van der Waals surface area (Å²) >= 11 is 0. The molecule has 0 saturated carbocycles. The molecule has 3 rings (SSSR count). The molecule has 2 aliphatic heterocycles. The van der Waals surface area contributed by atoms with Crippen LogP contribution in [0.3, 0.4) is 0 Å². The van der Waals surface area contributed by atoms with Gasteiger partial charge in [0, 0.05) is 30.4 Å². The van der Waals surface area contributed by atoms with E-state index in [4.69, 9.17) is 14.9 Å². The summed E-state index contributed by atoms with van der Waals surface area (Å²) < 4.78 is 25.3. The quantitative estimate of drug-likeness (QED) is 0.609. The summed E-state index contributed by atoms with van der Waals surface area (Å²) in [6.07, 6.45) is 2.04. The van der Waals surface area contributed by atoms with E-state index in [2.05, 4.69) is 15.5 Å². The summed E-state index contributed by atoms with van der Waals surface area (Å²) in [5.74, 6) is 0.00651. The highest BCUT2D eigenvalue weighted by atomic mass is 19.1. The highest BCUT2D eigenvalue weighted by molar-refractivity contribution is 6.58. The molecule has 1 amide bonds. The van der Waals surface area contributed by atoms with Crippen molar-refractivity contribution in [3.63, 3.8) is 0 Å². The Balaban J connectivity index is 1.78. The van der Waals surface area contributed by atoms with Gasteiger partial charge in [-0.2, -0.15) is 5.10 Å². The molecule has 0 radical (unpaired) electrons. The van der Waals surface area contributed by atoms with Crippen molar-refractivity contribution in [2.24, 2.45) is 10.2 Å². The first-order valence-corrected chi connectivity index (χ1v) is 11.3. The number of benzene rings is 1. The predicted octanol–water partition coefficient (Wildman–Crippen LogP) is 5.33. The molecule has 0 unspecified atom stereocenters. The van der Waals surface area contributed by atoms with Gasteiger partial charge in [-0.1, -0.05) is 6.08 Å². The number of ether oxygens (including phenoxy) is 2. The Morgan fingerprint density at radius 2 is 2.03 bits per heavy atom. The van der Waals surface area contributed by atoms with Gasteiger partial charge in [-0.15, -0.1) is 5.10 Å². The van der Waals surface area contributed by atoms with Crippen molar-refractivity contribution in [2.45, 2.75) is 53.6 Å². The van der Waals surface area contributed by atoms with Gasteiger partial charge in [0.2, 0.25) is 0 Å². The molecule has 2 heterocycles. The minimum absolute atomic E-state index is 0.209. The lowest BCUT2D eigenvalue weighted by Crippen LogP contribution is -2.40. The third kappa shape index (κ3) is 5.89. The van der Waals surface area contributed by atoms with E-state index >= 15 is 0 Å². The predicted molar refractivity (Wildman–Crippen MR) is 133 cm³/mol. The Labute approximate surface area is 199 Å². The summed E-state index contributed by atoms with van der Waals surface area (Å²) in [4.78, 5) is 13.9. The number of hydrogen-bond donors (Lipinski definition) is 2. The van der Waals surface area contributed by atoms with Crippen molar-refractivity contribution < 1.29 is 18.7 Å². The van der Waals surface area contributed by atoms with Crippen molar-refractivity contribution in [3.05, 3.63) is 46.9 Å². The van der Waals surface area contributed by atoms with Crippen molar-refractivity contribution in [1.82, 2.24) is 4.90 Å². The third-order valence-electron chi connectivity index (χ3n) is 5.26. The Kier molecular flexibility index (Phi) is 7.54. The van der Waals surface area contributed by atoms with Crippen molar-refractivity contribution in [2.75, 3.05) is 25.0 Å². The van der Waals surface area contributed by atoms with Gasteiger partial charge >= 0.3 is 6.09 Å². The molecule has 1 aromatic carbocycles. The number of carbonyl (C=O) groups excluding carboxylic acids is 1. The third-order valence-corrected chi connectivity index (χ3v) is 5.26. The largest absolute Gasteiger partial charge is 0.494 e. The number of nitrogens with one attached hydrogen (secondary N) is 2. The lowest BCUT2D eigenvalue weighted by atomic mass is 9.92. The maximum absolute atomic E-state index is 14.5. The van der Waals surface area contributed by atoms with Crippen LogP contribution >= 0.6 is 0 Å². The topological polar surface area (TPSA) is 99.4 Å². The lowest BCUT2D eigenvalue weighted by molar-refractivity contribution is 0.0267. The monoisotopic (exact) mass is 469 g/mol. The number of halogens is 1. The summed E-state index contributed by atoms with van der Waals surface area (Å²) in [7, 11) is 0. The average Bonchev–Trinajstić information content (AvgIpc) is 2.75. The molecule has 182 valence electrons. The van der Waals surface area contributed by atoms with E-state index in [1.165, 1.54) is 6.07 Å². The average molecular weight is 470 g/mol. The molecule has 0 bridgehead atoms. The fraction of sp³-hybridized carbons (Fsp3) is 0.440. The van der Waals surface area contributed by atoms with E-state index in [1.807, 2.05) is 33.8 Å². The molecule has 0 aromatic heterocycles. The van der Waals surface area contributed by atoms with Gasteiger partial charge in [0.1, 0.15) is 22.9 Å². The highest BCUT2D eigenvalue weighted by Crippen LogP contribution is 2.26. The van der Waals surface area contributed by atoms with Gasteiger partial charge in [0.05, 0.1) is 23.7 Å². The van der Waals surface area contributed by atoms with Gasteiger partial charge in [-0.3, -0.25) is 5.41 Å². The molecule has 2 aliphatic rings. The van der Waals surface area contributed by atoms with E-state index in [-0.39, 0.29) is 17.5 Å². The lowest BCUT2D eigenvalue weighted by Gasteiger charge is -2.30. The minimum atomic E-state index is -0.560. The molecule has 0 aliphatic carbocycles. The van der Waals surface area contributed by atoms with Crippen LogP contribution in [-0.4, -0.2) is 53.4 Å². The first kappa shape index (κ1) is 25.1. The SMILES string of the molecule is CCOc1ccc(N/C(C)=C2\C(=N)C(C3=CCN(C(=O)OC(C)(C)C)CC3)=NN=C2C)c(F)c1. The van der Waals surface area contributed by atoms with Crippen LogP contribution in [0.1, 0.15) is 48.0 Å². The van der Waals surface area contributed by atoms with E-state index < -0.39 is 11.4 Å². The summed E-state index contributed by atoms with van der Waals surface area (Å²) in [6.45, 7) is 12.2. The van der Waals surface area contributed by atoms with Gasteiger partial charge in [-0.05, 0) is 65.7 Å². The molecule has 0 saturated heterocycles. The molecular formula is C25H32FN5O3. The molecule has 1 aromatic rings. The second kappa shape index (κ2) is 10.2. The smallest absolute Gasteiger partial charge is 0.410 e. The fourth-order valence-electron chi connectivity index (χ4n) is 3.70. The minimum Gasteiger partial charge on any atom is -0.494 e. The van der Waals surface area contributed by atoms with Crippen molar-refractivity contribution >= 4 is 28.9 Å². The second-order valence-corrected chi connectivity index (χ2v) is 9.11. The van der Waals surface area contributed by atoms with E-state index in [0.29, 0.717) is 54.6 Å². The van der Waals surface area contributed by atoms with Crippen molar-refractivity contribution in [3.8, 4) is 5.75 Å². The number of anilines is 1. The van der Waals surface area contributed by atoms with E-state index in [9.17, 15) is 9.18 Å². The van der Waals surface area contributed by atoms with Crippen LogP contribution in [0.25, 0.3) is 0 Å². The Bertz CT molecular complexity index is 1110. The van der Waals surface area contributed by atoms with Crippen LogP contribution in [0.4, 0.5) is 14.9 Å². The Morgan fingerprint density at radius 1 is 1.29 bits per heavy atom. The molecule has 0 atom stereocenters. The molecule has 0 spiro atoms. The van der Waals surface area contributed by atoms with Crippen LogP contribution in [-0.2, 0) is 4.74 Å². The zero-order valence-corrected chi connectivity index (χ0v) is 20.6. The van der Waals surface area contributed by atoms with Crippen LogP contribution in [0.15, 0.2) is 51.3 Å². The van der Waals surface area contributed by atoms with Gasteiger partial charge in [0.15, 0.2) is 0 Å². The molecule has 0 fully saturated rings. The normalized spacial score (nSPS) is 18.0. The van der Waals surface area contributed by atoms with Crippen LogP contribution in [0.5, 0.6) is 5.75 Å². The number of rotatable bonds is 5. The molecule has 2 N–H and O–H groups in total. The number of allylic oxidation sites excluding steroid dienone is 2. The number of carbonyl (C=O) groups is 1. The molecular weight excluding hydrogens is 437 g/mol. The maximum atomic E-state index is 14.5. The molecule has 8 nitrogen and oxygen atoms in total. The summed E-state index contributed by atoms with van der Waals surface area (Å²) in [5.41, 5.74) is 2.95. The van der Waals surface area contributed by atoms with Gasteiger partial charge in [0.25, 0.3) is 0 Å². The van der Waals surface area contributed by atoms with Gasteiger partial charge in [-0.25, -0.2) is 9.18 Å². The highest BCUT2D eigenvalue weighted by Gasteiger charge is 2.29. The molecule has 34 heavy (non-hydrogen) atoms. The zero-order valence-electron chi connectivity index (χ0n) is 20.6. The standard InChI is InChI=1S/C25H32FN5O3/c1-7-33-18-8-9-20(19(26)14-18)28-15(2)21-16(3)29-30-23(22(21)27)17-10-12-31(13-11-17)24(32)34-25(4,5)6/h8-10,14,27-28H,7,11-13H2,1-6H3/b21-15-,27-22?. The second-order valence-electron chi connectivity index (χ2n) is 9.11. The van der Waals surface area contributed by atoms with Crippen LogP contribution in [0.2, 0.25) is 0 Å². The van der Waals surface area contributed by atoms with E-state index in [1.54, 1.807) is 30.9 Å². The van der Waals surface area contributed by atoms with E-state index in [0.717, 1.165) is 5.57 Å². The van der Waals surface area contributed by atoms with Crippen LogP contribution in [0, 0.1) is 11.2 Å². The number of amides is 1. The first-order valence-electron chi connectivity index (χ1n) is 11.3. The first-order chi connectivity index (χ1) is 16.0. The van der Waals surface area contributed by atoms with Crippen molar-refractivity contribution in [1.29, 1.82) is 5.41 Å². The molecule has 9 heteroatoms. The Hall–Kier alpha value is -3.49. The van der Waals surface area contributed by atoms with Crippen LogP contribution < -0.4 is 10.1 Å². The maximum Gasteiger partial charge on any atom is 0.410 e. The number of nitrogens with zero attached hydrogens (tertiary/aromatic N) is 3. The fourth-order valence-corrected chi connectivity index (χ4v) is 3.70.